The molecule has 2 aromatic rings. The number of ether oxygens (including phenoxy) is 2. The quantitative estimate of drug-likeness (QED) is 0.473. The first-order valence-electron chi connectivity index (χ1n) is 5.97. The number of nitrogens with zero attached hydrogens (tertiary/aromatic N) is 2. The Bertz CT molecular complexity index is 666. The molecule has 1 atom stereocenters. The molecular formula is C13H12N2O6. The molecule has 0 radical (unpaired) electrons. The number of hydrogen-bond donors (Lipinski definition) is 0. The zero-order valence-electron chi connectivity index (χ0n) is 11.3. The summed E-state index contributed by atoms with van der Waals surface area (Å²) in [5.74, 6) is -0.604. The van der Waals surface area contributed by atoms with Gasteiger partial charge in [-0.3, -0.25) is 0 Å². The van der Waals surface area contributed by atoms with E-state index in [1.165, 1.54) is 31.5 Å². The first kappa shape index (κ1) is 14.5. The third-order valence-electron chi connectivity index (χ3n) is 2.64. The van der Waals surface area contributed by atoms with Gasteiger partial charge in [-0.1, -0.05) is 0 Å². The molecular weight excluding hydrogens is 280 g/mol. The number of pyridine rings is 1. The molecule has 110 valence electrons. The largest absolute Gasteiger partial charge is 0.474 e. The standard InChI is InChI=1S/C13H12N2O6/c1-8(9-5-6-11(21-9)13(16)19-2)20-10-4-3-7-14-12(10)15(17)18/h3-8H,1-2H3. The van der Waals surface area contributed by atoms with Crippen molar-refractivity contribution in [2.24, 2.45) is 0 Å². The van der Waals surface area contributed by atoms with E-state index in [4.69, 9.17) is 9.15 Å². The van der Waals surface area contributed by atoms with Gasteiger partial charge in [0, 0.05) is 0 Å². The maximum absolute atomic E-state index is 11.3. The minimum atomic E-state index is -0.635. The summed E-state index contributed by atoms with van der Waals surface area (Å²) in [7, 11) is 1.24. The fourth-order valence-corrected chi connectivity index (χ4v) is 1.64. The van der Waals surface area contributed by atoms with Gasteiger partial charge in [0.15, 0.2) is 6.10 Å². The Morgan fingerprint density at radius 1 is 1.43 bits per heavy atom. The molecule has 0 spiro atoms. The van der Waals surface area contributed by atoms with Gasteiger partial charge >= 0.3 is 11.8 Å². The molecule has 0 aromatic carbocycles. The molecule has 2 rings (SSSR count). The van der Waals surface area contributed by atoms with E-state index < -0.39 is 17.0 Å². The molecule has 21 heavy (non-hydrogen) atoms. The summed E-state index contributed by atoms with van der Waals surface area (Å²) in [6.07, 6.45) is 0.670. The molecule has 2 heterocycles. The van der Waals surface area contributed by atoms with E-state index in [0.717, 1.165) is 0 Å². The van der Waals surface area contributed by atoms with Crippen LogP contribution in [0.2, 0.25) is 0 Å². The minimum Gasteiger partial charge on any atom is -0.474 e. The van der Waals surface area contributed by atoms with Crippen LogP contribution in [0.1, 0.15) is 29.3 Å². The number of furan rings is 1. The molecule has 0 aliphatic carbocycles. The molecule has 1 unspecified atom stereocenters. The minimum absolute atomic E-state index is 0.0195. The molecule has 0 saturated carbocycles. The molecule has 0 fully saturated rings. The third-order valence-corrected chi connectivity index (χ3v) is 2.64. The lowest BCUT2D eigenvalue weighted by Crippen LogP contribution is -2.05. The fraction of sp³-hybridized carbons (Fsp3) is 0.231. The first-order chi connectivity index (χ1) is 10.0. The number of carbonyl (C=O) groups is 1. The zero-order valence-corrected chi connectivity index (χ0v) is 11.3. The lowest BCUT2D eigenvalue weighted by atomic mass is 10.3. The number of hydrogen-bond acceptors (Lipinski definition) is 7. The Kier molecular flexibility index (Phi) is 4.17. The summed E-state index contributed by atoms with van der Waals surface area (Å²) < 4.78 is 15.3. The van der Waals surface area contributed by atoms with Crippen LogP contribution in [0.25, 0.3) is 0 Å². The van der Waals surface area contributed by atoms with E-state index in [-0.39, 0.29) is 17.3 Å². The Morgan fingerprint density at radius 3 is 2.86 bits per heavy atom. The maximum Gasteiger partial charge on any atom is 0.406 e. The van der Waals surface area contributed by atoms with Gasteiger partial charge in [0.25, 0.3) is 0 Å². The highest BCUT2D eigenvalue weighted by atomic mass is 16.6. The van der Waals surface area contributed by atoms with Gasteiger partial charge in [0.2, 0.25) is 11.5 Å². The number of aromatic nitrogens is 1. The average molecular weight is 292 g/mol. The van der Waals surface area contributed by atoms with Crippen molar-refractivity contribution in [2.45, 2.75) is 13.0 Å². The Morgan fingerprint density at radius 2 is 2.19 bits per heavy atom. The molecule has 0 saturated heterocycles. The van der Waals surface area contributed by atoms with Crippen LogP contribution in [0.3, 0.4) is 0 Å². The maximum atomic E-state index is 11.3. The van der Waals surface area contributed by atoms with Crippen LogP contribution in [0, 0.1) is 10.1 Å². The third kappa shape index (κ3) is 3.16. The predicted octanol–water partition coefficient (Wildman–Crippen LogP) is 2.51. The summed E-state index contributed by atoms with van der Waals surface area (Å²) in [6, 6.07) is 5.95. The average Bonchev–Trinajstić information content (AvgIpc) is 2.96. The fourth-order valence-electron chi connectivity index (χ4n) is 1.64. The van der Waals surface area contributed by atoms with Gasteiger partial charge < -0.3 is 24.0 Å². The lowest BCUT2D eigenvalue weighted by Gasteiger charge is -2.11. The highest BCUT2D eigenvalue weighted by molar-refractivity contribution is 5.86. The smallest absolute Gasteiger partial charge is 0.406 e. The molecule has 8 nitrogen and oxygen atoms in total. The van der Waals surface area contributed by atoms with E-state index in [1.807, 2.05) is 0 Å². The SMILES string of the molecule is COC(=O)c1ccc(C(C)Oc2cccnc2[N+](=O)[O-])o1. The number of rotatable bonds is 5. The predicted molar refractivity (Wildman–Crippen MR) is 70.0 cm³/mol. The van der Waals surface area contributed by atoms with E-state index >= 15 is 0 Å². The van der Waals surface area contributed by atoms with Gasteiger partial charge in [-0.05, 0) is 41.1 Å². The van der Waals surface area contributed by atoms with Gasteiger partial charge in [0.05, 0.1) is 7.11 Å². The summed E-state index contributed by atoms with van der Waals surface area (Å²) in [6.45, 7) is 1.64. The van der Waals surface area contributed by atoms with Crippen molar-refractivity contribution in [1.29, 1.82) is 0 Å². The number of nitro groups is 1. The van der Waals surface area contributed by atoms with Crippen molar-refractivity contribution >= 4 is 11.8 Å². The molecule has 8 heteroatoms. The zero-order chi connectivity index (χ0) is 15.4. The van der Waals surface area contributed by atoms with Crippen LogP contribution >= 0.6 is 0 Å². The van der Waals surface area contributed by atoms with Crippen molar-refractivity contribution in [1.82, 2.24) is 4.98 Å². The van der Waals surface area contributed by atoms with Gasteiger partial charge in [-0.25, -0.2) is 4.79 Å². The second-order valence-electron chi connectivity index (χ2n) is 4.04. The van der Waals surface area contributed by atoms with E-state index in [2.05, 4.69) is 9.72 Å². The second-order valence-corrected chi connectivity index (χ2v) is 4.04. The van der Waals surface area contributed by atoms with E-state index in [0.29, 0.717) is 5.76 Å². The van der Waals surface area contributed by atoms with Gasteiger partial charge in [-0.15, -0.1) is 0 Å². The van der Waals surface area contributed by atoms with Crippen LogP contribution in [-0.2, 0) is 4.74 Å². The van der Waals surface area contributed by atoms with Crippen LogP contribution in [0.4, 0.5) is 5.82 Å². The monoisotopic (exact) mass is 292 g/mol. The summed E-state index contributed by atoms with van der Waals surface area (Å²) in [5, 5.41) is 10.9. The van der Waals surface area contributed by atoms with Gasteiger partial charge in [0.1, 0.15) is 12.0 Å². The Balaban J connectivity index is 2.18. The van der Waals surface area contributed by atoms with Gasteiger partial charge in [-0.2, -0.15) is 0 Å². The lowest BCUT2D eigenvalue weighted by molar-refractivity contribution is -0.390. The molecule has 0 aliphatic heterocycles. The summed E-state index contributed by atoms with van der Waals surface area (Å²) in [4.78, 5) is 25.2. The van der Waals surface area contributed by atoms with Crippen molar-refractivity contribution in [3.8, 4) is 5.75 Å². The molecule has 0 amide bonds. The second kappa shape index (κ2) is 6.04. The Hall–Kier alpha value is -2.90. The summed E-state index contributed by atoms with van der Waals surface area (Å²) >= 11 is 0. The number of carbonyl (C=O) groups excluding carboxylic acids is 1. The normalized spacial score (nSPS) is 11.7. The van der Waals surface area contributed by atoms with Crippen molar-refractivity contribution in [3.63, 3.8) is 0 Å². The molecule has 0 bridgehead atoms. The Labute approximate surface area is 119 Å². The molecule has 0 aliphatic rings. The van der Waals surface area contributed by atoms with Crippen LogP contribution in [0.5, 0.6) is 5.75 Å². The molecule has 2 aromatic heterocycles. The number of methoxy groups -OCH3 is 1. The van der Waals surface area contributed by atoms with Crippen molar-refractivity contribution in [2.75, 3.05) is 7.11 Å². The molecule has 0 N–H and O–H groups in total. The number of esters is 1. The van der Waals surface area contributed by atoms with Crippen LogP contribution in [-0.4, -0.2) is 23.0 Å². The highest BCUT2D eigenvalue weighted by Gasteiger charge is 2.21. The van der Waals surface area contributed by atoms with Crippen LogP contribution < -0.4 is 4.74 Å². The first-order valence-corrected chi connectivity index (χ1v) is 5.97. The van der Waals surface area contributed by atoms with Crippen molar-refractivity contribution in [3.05, 3.63) is 52.1 Å². The highest BCUT2D eigenvalue weighted by Crippen LogP contribution is 2.29. The van der Waals surface area contributed by atoms with E-state index in [9.17, 15) is 14.9 Å². The topological polar surface area (TPSA) is 105 Å². The van der Waals surface area contributed by atoms with E-state index in [1.54, 1.807) is 13.0 Å². The van der Waals surface area contributed by atoms with Crippen molar-refractivity contribution < 1.29 is 23.6 Å². The van der Waals surface area contributed by atoms with Crippen LogP contribution in [0.15, 0.2) is 34.9 Å². The summed E-state index contributed by atoms with van der Waals surface area (Å²) in [5.41, 5.74) is 0.